The van der Waals surface area contributed by atoms with E-state index in [2.05, 4.69) is 115 Å². The number of hydrogen-bond donors (Lipinski definition) is 2. The highest BCUT2D eigenvalue weighted by Crippen LogP contribution is 2.29. The molecule has 3 N–H and O–H groups in total. The van der Waals surface area contributed by atoms with E-state index in [4.69, 9.17) is 26.8 Å². The SMILES string of the molecule is C.CC(=O)OCc1ccc2cnc(Cl)nc2c1Br.CC(=O)OCc1ccc2cnc(Nc3ccc(N4CCN(C)CC4)cc3)nc2c1Br.CN1CCN(c2ccc(N)cc2)CC1. The van der Waals surface area contributed by atoms with Crippen LogP contribution in [0.3, 0.4) is 0 Å². The third-order valence-corrected chi connectivity index (χ3v) is 12.1. The molecule has 6 aromatic rings. The van der Waals surface area contributed by atoms with Crippen LogP contribution >= 0.6 is 43.5 Å². The lowest BCUT2D eigenvalue weighted by Crippen LogP contribution is -2.44. The number of anilines is 5. The van der Waals surface area contributed by atoms with Crippen molar-refractivity contribution < 1.29 is 19.1 Å². The number of carbonyl (C=O) groups is 2. The van der Waals surface area contributed by atoms with E-state index in [-0.39, 0.29) is 37.9 Å². The van der Waals surface area contributed by atoms with Gasteiger partial charge in [0.15, 0.2) is 0 Å². The summed E-state index contributed by atoms with van der Waals surface area (Å²) in [6.07, 6.45) is 3.43. The Morgan fingerprint density at radius 2 is 1.10 bits per heavy atom. The van der Waals surface area contributed by atoms with E-state index in [0.717, 1.165) is 100 Å². The molecule has 0 unspecified atom stereocenters. The second-order valence-electron chi connectivity index (χ2n) is 14.7. The minimum atomic E-state index is -0.322. The normalized spacial score (nSPS) is 14.2. The zero-order valence-electron chi connectivity index (χ0n) is 34.6. The molecule has 4 heterocycles. The van der Waals surface area contributed by atoms with Gasteiger partial charge in [0.1, 0.15) is 13.2 Å². The number of hydrogen-bond acceptors (Lipinski definition) is 14. The van der Waals surface area contributed by atoms with Crippen LogP contribution in [-0.4, -0.2) is 108 Å². The molecule has 0 amide bonds. The molecule has 2 aliphatic heterocycles. The number of nitrogens with zero attached hydrogens (tertiary/aromatic N) is 8. The quantitative estimate of drug-likeness (QED) is 0.0849. The highest BCUT2D eigenvalue weighted by Gasteiger charge is 2.16. The van der Waals surface area contributed by atoms with Crippen LogP contribution in [0.1, 0.15) is 32.4 Å². The van der Waals surface area contributed by atoms with Crippen molar-refractivity contribution in [2.75, 3.05) is 87.3 Å². The van der Waals surface area contributed by atoms with Gasteiger partial charge in [0.25, 0.3) is 0 Å². The molecular weight excluding hydrogens is 940 g/mol. The number of halogens is 3. The summed E-state index contributed by atoms with van der Waals surface area (Å²) in [6.45, 7) is 11.9. The second kappa shape index (κ2) is 22.8. The number of nitrogens with one attached hydrogen (secondary N) is 1. The minimum Gasteiger partial charge on any atom is -0.461 e. The Morgan fingerprint density at radius 3 is 1.56 bits per heavy atom. The van der Waals surface area contributed by atoms with Crippen molar-refractivity contribution in [3.63, 3.8) is 0 Å². The van der Waals surface area contributed by atoms with Gasteiger partial charge in [-0.2, -0.15) is 0 Å². The Hall–Kier alpha value is -5.13. The summed E-state index contributed by atoms with van der Waals surface area (Å²) in [5, 5.41) is 5.23. The molecule has 0 atom stereocenters. The molecule has 8 rings (SSSR count). The summed E-state index contributed by atoms with van der Waals surface area (Å²) < 4.78 is 11.6. The number of benzene rings is 4. The fourth-order valence-corrected chi connectivity index (χ4v) is 7.79. The van der Waals surface area contributed by atoms with E-state index < -0.39 is 0 Å². The van der Waals surface area contributed by atoms with Gasteiger partial charge in [-0.05, 0) is 106 Å². The zero-order chi connectivity index (χ0) is 43.5. The zero-order valence-corrected chi connectivity index (χ0v) is 38.5. The molecule has 0 aliphatic carbocycles. The van der Waals surface area contributed by atoms with Gasteiger partial charge >= 0.3 is 11.9 Å². The van der Waals surface area contributed by atoms with E-state index in [1.807, 2.05) is 48.5 Å². The van der Waals surface area contributed by atoms with Crippen molar-refractivity contribution in [3.8, 4) is 0 Å². The number of esters is 2. The van der Waals surface area contributed by atoms with Gasteiger partial charge < -0.3 is 40.1 Å². The van der Waals surface area contributed by atoms with Gasteiger partial charge in [0, 0.05) is 123 Å². The van der Waals surface area contributed by atoms with Crippen molar-refractivity contribution in [1.29, 1.82) is 0 Å². The fourth-order valence-electron chi connectivity index (χ4n) is 6.53. The first-order valence-electron chi connectivity index (χ1n) is 19.7. The number of piperazine rings is 2. The smallest absolute Gasteiger partial charge is 0.302 e. The van der Waals surface area contributed by atoms with Crippen LogP contribution in [0.15, 0.2) is 94.1 Å². The largest absolute Gasteiger partial charge is 0.461 e. The Morgan fingerprint density at radius 1 is 0.661 bits per heavy atom. The van der Waals surface area contributed by atoms with E-state index in [0.29, 0.717) is 11.5 Å². The van der Waals surface area contributed by atoms with E-state index in [1.54, 1.807) is 12.4 Å². The molecule has 0 spiro atoms. The molecule has 0 saturated carbocycles. The topological polar surface area (TPSA) is 155 Å². The van der Waals surface area contributed by atoms with Crippen molar-refractivity contribution in [2.45, 2.75) is 34.5 Å². The van der Waals surface area contributed by atoms with Crippen LogP contribution < -0.4 is 20.9 Å². The first-order chi connectivity index (χ1) is 29.3. The van der Waals surface area contributed by atoms with Crippen LogP contribution in [0.5, 0.6) is 0 Å². The summed E-state index contributed by atoms with van der Waals surface area (Å²) in [5.74, 6) is -0.120. The average Bonchev–Trinajstić information content (AvgIpc) is 3.25. The van der Waals surface area contributed by atoms with Gasteiger partial charge in [-0.3, -0.25) is 9.59 Å². The predicted molar refractivity (Wildman–Crippen MR) is 257 cm³/mol. The molecule has 14 nitrogen and oxygen atoms in total. The number of nitrogens with two attached hydrogens (primary N) is 1. The highest BCUT2D eigenvalue weighted by atomic mass is 79.9. The standard InChI is InChI=1S/C22H24BrN5O2.C11H8BrClN2O2.C11H17N3.CH4/c1-15(29)30-14-17-4-3-16-13-24-22(26-21(16)20(17)23)25-18-5-7-19(8-6-18)28-11-9-27(2)10-12-28;1-6(16)17-5-8-3-2-7-4-14-11(13)15-10(7)9(8)12;1-13-6-8-14(9-7-13)11-4-2-10(12)3-5-11;/h3-8,13H,9-12,14H2,1-2H3,(H,24,25,26);2-4H,5H2,1H3;2-5H,6-9,12H2,1H3;1H4. The number of carbonyl (C=O) groups excluding carboxylic acids is 2. The van der Waals surface area contributed by atoms with Gasteiger partial charge in [-0.1, -0.05) is 31.7 Å². The van der Waals surface area contributed by atoms with Gasteiger partial charge in [0.2, 0.25) is 11.2 Å². The second-order valence-corrected chi connectivity index (χ2v) is 16.6. The Bertz CT molecular complexity index is 2430. The molecule has 2 fully saturated rings. The summed E-state index contributed by atoms with van der Waals surface area (Å²) in [4.78, 5) is 48.5. The summed E-state index contributed by atoms with van der Waals surface area (Å²) in [6, 6.07) is 24.0. The molecule has 2 saturated heterocycles. The molecular formula is C45H53Br2ClN10O4. The third-order valence-electron chi connectivity index (χ3n) is 10.1. The van der Waals surface area contributed by atoms with Gasteiger partial charge in [-0.15, -0.1) is 0 Å². The number of ether oxygens (including phenoxy) is 2. The molecule has 17 heteroatoms. The number of likely N-dealkylation sites (N-methyl/N-ethyl adjacent to an activating group) is 2. The molecule has 0 radical (unpaired) electrons. The minimum absolute atomic E-state index is 0. The van der Waals surface area contributed by atoms with Crippen LogP contribution in [0.25, 0.3) is 21.8 Å². The van der Waals surface area contributed by atoms with Crippen molar-refractivity contribution in [3.05, 3.63) is 111 Å². The average molecular weight is 993 g/mol. The van der Waals surface area contributed by atoms with Gasteiger partial charge in [0.05, 0.1) is 20.0 Å². The number of fused-ring (bicyclic) bond motifs is 2. The van der Waals surface area contributed by atoms with Crippen molar-refractivity contribution in [2.24, 2.45) is 0 Å². The molecule has 4 aromatic carbocycles. The first kappa shape index (κ1) is 47.9. The van der Waals surface area contributed by atoms with Crippen LogP contribution in [0.4, 0.5) is 28.7 Å². The summed E-state index contributed by atoms with van der Waals surface area (Å²) in [7, 11) is 4.33. The Balaban J connectivity index is 0.000000192. The van der Waals surface area contributed by atoms with Crippen LogP contribution in [0, 0.1) is 0 Å². The van der Waals surface area contributed by atoms with E-state index in [1.165, 1.54) is 25.2 Å². The lowest BCUT2D eigenvalue weighted by Gasteiger charge is -2.34. The molecule has 62 heavy (non-hydrogen) atoms. The van der Waals surface area contributed by atoms with E-state index in [9.17, 15) is 9.59 Å². The molecule has 0 bridgehead atoms. The lowest BCUT2D eigenvalue weighted by atomic mass is 10.1. The summed E-state index contributed by atoms with van der Waals surface area (Å²) >= 11 is 12.8. The number of nitrogen functional groups attached to an aromatic ring is 1. The Kier molecular flexibility index (Phi) is 17.6. The van der Waals surface area contributed by atoms with Crippen molar-refractivity contribution >= 4 is 106 Å². The summed E-state index contributed by atoms with van der Waals surface area (Å²) in [5.41, 5.74) is 13.1. The molecule has 2 aliphatic rings. The fraction of sp³-hybridized carbons (Fsp3) is 0.333. The van der Waals surface area contributed by atoms with Crippen LogP contribution in [-0.2, 0) is 32.3 Å². The lowest BCUT2D eigenvalue weighted by molar-refractivity contribution is -0.143. The predicted octanol–water partition coefficient (Wildman–Crippen LogP) is 8.72. The number of rotatable bonds is 8. The highest BCUT2D eigenvalue weighted by molar-refractivity contribution is 9.11. The first-order valence-corrected chi connectivity index (χ1v) is 21.7. The van der Waals surface area contributed by atoms with Gasteiger partial charge in [-0.25, -0.2) is 19.9 Å². The number of aromatic nitrogens is 4. The maximum Gasteiger partial charge on any atom is 0.302 e. The Labute approximate surface area is 385 Å². The monoisotopic (exact) mass is 990 g/mol. The van der Waals surface area contributed by atoms with E-state index >= 15 is 0 Å². The van der Waals surface area contributed by atoms with Crippen molar-refractivity contribution in [1.82, 2.24) is 29.7 Å². The third kappa shape index (κ3) is 13.4. The molecule has 2 aromatic heterocycles. The maximum absolute atomic E-state index is 11.1. The van der Waals surface area contributed by atoms with Crippen LogP contribution in [0.2, 0.25) is 5.28 Å². The molecule has 328 valence electrons. The maximum atomic E-state index is 11.1.